The summed E-state index contributed by atoms with van der Waals surface area (Å²) in [4.78, 5) is 12.0. The normalized spacial score (nSPS) is 9.50. The monoisotopic (exact) mass is 279 g/mol. The highest BCUT2D eigenvalue weighted by Crippen LogP contribution is 2.39. The molecule has 0 aromatic heterocycles. The Morgan fingerprint density at radius 3 is 2.40 bits per heavy atom. The van der Waals surface area contributed by atoms with Crippen LogP contribution in [0.3, 0.4) is 0 Å². The Labute approximate surface area is 117 Å². The molecule has 1 aromatic rings. The number of carbonyl (C=O) groups is 1. The van der Waals surface area contributed by atoms with Crippen LogP contribution in [0.1, 0.15) is 23.2 Å². The number of carbonyl (C=O) groups excluding carboxylic acids is 1. The van der Waals surface area contributed by atoms with E-state index in [9.17, 15) is 4.79 Å². The smallest absolute Gasteiger partial charge is 0.342 e. The van der Waals surface area contributed by atoms with Crippen molar-refractivity contribution in [3.05, 3.63) is 17.7 Å². The molecule has 0 heterocycles. The number of hydrogen-bond donors (Lipinski definition) is 0. The Hall–Kier alpha value is -2.42. The van der Waals surface area contributed by atoms with E-state index >= 15 is 0 Å². The summed E-state index contributed by atoms with van der Waals surface area (Å²) in [5.41, 5.74) is 0.252. The highest BCUT2D eigenvalue weighted by molar-refractivity contribution is 5.94. The minimum Gasteiger partial charge on any atom is -0.493 e. The van der Waals surface area contributed by atoms with E-state index in [0.29, 0.717) is 24.3 Å². The fourth-order valence-electron chi connectivity index (χ4n) is 1.66. The third kappa shape index (κ3) is 3.54. The number of rotatable bonds is 7. The van der Waals surface area contributed by atoms with Crippen LogP contribution in [0.25, 0.3) is 0 Å². The Kier molecular flexibility index (Phi) is 6.17. The Bertz CT molecular complexity index is 507. The maximum atomic E-state index is 12.0. The molecule has 0 aliphatic heterocycles. The van der Waals surface area contributed by atoms with Gasteiger partial charge in [0.1, 0.15) is 5.56 Å². The molecule has 0 aliphatic rings. The average molecular weight is 279 g/mol. The average Bonchev–Trinajstić information content (AvgIpc) is 2.49. The summed E-state index contributed by atoms with van der Waals surface area (Å²) in [6.07, 6.45) is 0.841. The van der Waals surface area contributed by atoms with Crippen molar-refractivity contribution in [2.75, 3.05) is 27.9 Å². The summed E-state index contributed by atoms with van der Waals surface area (Å²) in [5.74, 6) is 0.532. The van der Waals surface area contributed by atoms with Crippen LogP contribution >= 0.6 is 0 Å². The van der Waals surface area contributed by atoms with Gasteiger partial charge in [-0.1, -0.05) is 0 Å². The molecule has 0 bridgehead atoms. The van der Waals surface area contributed by atoms with Crippen LogP contribution in [0.4, 0.5) is 0 Å². The summed E-state index contributed by atoms with van der Waals surface area (Å²) < 4.78 is 20.6. The molecule has 0 radical (unpaired) electrons. The minimum absolute atomic E-state index is 0.184. The molecule has 0 aliphatic carbocycles. The van der Waals surface area contributed by atoms with Crippen LogP contribution in [0.15, 0.2) is 12.1 Å². The van der Waals surface area contributed by atoms with E-state index in [1.807, 2.05) is 6.07 Å². The zero-order valence-electron chi connectivity index (χ0n) is 11.8. The third-order valence-corrected chi connectivity index (χ3v) is 2.59. The molecule has 0 amide bonds. The summed E-state index contributed by atoms with van der Waals surface area (Å²) in [6.45, 7) is 0.184. The maximum absolute atomic E-state index is 12.0. The predicted molar refractivity (Wildman–Crippen MR) is 71.2 cm³/mol. The molecule has 0 saturated heterocycles. The standard InChI is InChI=1S/C14H17NO5/c1-17-11-7-6-10(12(18-2)13(11)19-3)14(16)20-9-5-4-8-15/h6-7H,4-5,9H2,1-3H3. The lowest BCUT2D eigenvalue weighted by Crippen LogP contribution is -2.09. The van der Waals surface area contributed by atoms with E-state index in [1.54, 1.807) is 12.1 Å². The van der Waals surface area contributed by atoms with E-state index in [4.69, 9.17) is 24.2 Å². The second-order valence-electron chi connectivity index (χ2n) is 3.78. The predicted octanol–water partition coefficient (Wildman–Crippen LogP) is 2.17. The molecule has 6 heteroatoms. The second kappa shape index (κ2) is 7.89. The van der Waals surface area contributed by atoms with Crippen LogP contribution in [0.5, 0.6) is 17.2 Å². The zero-order valence-corrected chi connectivity index (χ0v) is 11.8. The highest BCUT2D eigenvalue weighted by Gasteiger charge is 2.21. The second-order valence-corrected chi connectivity index (χ2v) is 3.78. The van der Waals surface area contributed by atoms with Gasteiger partial charge >= 0.3 is 5.97 Å². The first-order chi connectivity index (χ1) is 9.69. The highest BCUT2D eigenvalue weighted by atomic mass is 16.5. The van der Waals surface area contributed by atoms with Crippen LogP contribution in [-0.2, 0) is 4.74 Å². The van der Waals surface area contributed by atoms with E-state index in [1.165, 1.54) is 21.3 Å². The van der Waals surface area contributed by atoms with Gasteiger partial charge < -0.3 is 18.9 Å². The first kappa shape index (κ1) is 15.6. The molecule has 0 fully saturated rings. The fraction of sp³-hybridized carbons (Fsp3) is 0.429. The molecule has 0 N–H and O–H groups in total. The van der Waals surface area contributed by atoms with Crippen molar-refractivity contribution >= 4 is 5.97 Å². The molecule has 0 atom stereocenters. The van der Waals surface area contributed by atoms with Gasteiger partial charge in [0.05, 0.1) is 34.0 Å². The van der Waals surface area contributed by atoms with Gasteiger partial charge in [0.25, 0.3) is 0 Å². The largest absolute Gasteiger partial charge is 0.493 e. The van der Waals surface area contributed by atoms with Gasteiger partial charge in [-0.3, -0.25) is 0 Å². The van der Waals surface area contributed by atoms with Crippen molar-refractivity contribution in [1.82, 2.24) is 0 Å². The van der Waals surface area contributed by atoms with Gasteiger partial charge in [-0.2, -0.15) is 5.26 Å². The lowest BCUT2D eigenvalue weighted by molar-refractivity contribution is 0.0497. The Morgan fingerprint density at radius 2 is 1.85 bits per heavy atom. The summed E-state index contributed by atoms with van der Waals surface area (Å²) in [7, 11) is 4.39. The number of hydrogen-bond acceptors (Lipinski definition) is 6. The Balaban J connectivity index is 2.94. The third-order valence-electron chi connectivity index (χ3n) is 2.59. The lowest BCUT2D eigenvalue weighted by atomic mass is 10.1. The Morgan fingerprint density at radius 1 is 1.15 bits per heavy atom. The van der Waals surface area contributed by atoms with Gasteiger partial charge in [0, 0.05) is 6.42 Å². The van der Waals surface area contributed by atoms with Crippen LogP contribution in [0.2, 0.25) is 0 Å². The number of esters is 1. The van der Waals surface area contributed by atoms with Crippen molar-refractivity contribution < 1.29 is 23.7 Å². The van der Waals surface area contributed by atoms with Crippen molar-refractivity contribution in [3.63, 3.8) is 0 Å². The van der Waals surface area contributed by atoms with Crippen molar-refractivity contribution in [1.29, 1.82) is 5.26 Å². The van der Waals surface area contributed by atoms with Crippen molar-refractivity contribution in [2.24, 2.45) is 0 Å². The zero-order chi connectivity index (χ0) is 15.0. The number of nitrogens with zero attached hydrogens (tertiary/aromatic N) is 1. The number of unbranched alkanes of at least 4 members (excludes halogenated alkanes) is 1. The van der Waals surface area contributed by atoms with Crippen LogP contribution < -0.4 is 14.2 Å². The molecular weight excluding hydrogens is 262 g/mol. The van der Waals surface area contributed by atoms with Crippen LogP contribution in [0, 0.1) is 11.3 Å². The molecule has 0 spiro atoms. The SMILES string of the molecule is COc1ccc(C(=O)OCCCC#N)c(OC)c1OC. The van der Waals surface area contributed by atoms with E-state index in [0.717, 1.165) is 0 Å². The maximum Gasteiger partial charge on any atom is 0.342 e. The number of ether oxygens (including phenoxy) is 4. The molecule has 0 unspecified atom stereocenters. The number of methoxy groups -OCH3 is 3. The lowest BCUT2D eigenvalue weighted by Gasteiger charge is -2.15. The van der Waals surface area contributed by atoms with Crippen molar-refractivity contribution in [2.45, 2.75) is 12.8 Å². The molecule has 6 nitrogen and oxygen atoms in total. The number of nitriles is 1. The van der Waals surface area contributed by atoms with E-state index in [2.05, 4.69) is 0 Å². The van der Waals surface area contributed by atoms with E-state index < -0.39 is 5.97 Å². The number of benzene rings is 1. The van der Waals surface area contributed by atoms with E-state index in [-0.39, 0.29) is 17.9 Å². The first-order valence-corrected chi connectivity index (χ1v) is 6.02. The molecule has 1 rings (SSSR count). The summed E-state index contributed by atoms with van der Waals surface area (Å²) in [6, 6.07) is 5.14. The quantitative estimate of drug-likeness (QED) is 0.562. The van der Waals surface area contributed by atoms with Gasteiger partial charge in [-0.15, -0.1) is 0 Å². The topological polar surface area (TPSA) is 77.8 Å². The van der Waals surface area contributed by atoms with Gasteiger partial charge in [-0.25, -0.2) is 4.79 Å². The van der Waals surface area contributed by atoms with Crippen molar-refractivity contribution in [3.8, 4) is 23.3 Å². The van der Waals surface area contributed by atoms with Gasteiger partial charge in [-0.05, 0) is 18.6 Å². The molecule has 20 heavy (non-hydrogen) atoms. The summed E-state index contributed by atoms with van der Waals surface area (Å²) in [5, 5.41) is 8.42. The summed E-state index contributed by atoms with van der Waals surface area (Å²) >= 11 is 0. The first-order valence-electron chi connectivity index (χ1n) is 6.02. The molecular formula is C14H17NO5. The minimum atomic E-state index is -0.527. The van der Waals surface area contributed by atoms with Crippen LogP contribution in [-0.4, -0.2) is 33.9 Å². The molecule has 0 saturated carbocycles. The molecule has 108 valence electrons. The molecule has 1 aromatic carbocycles. The van der Waals surface area contributed by atoms with Gasteiger partial charge in [0.2, 0.25) is 5.75 Å². The van der Waals surface area contributed by atoms with Gasteiger partial charge in [0.15, 0.2) is 11.5 Å². The fourth-order valence-corrected chi connectivity index (χ4v) is 1.66.